The van der Waals surface area contributed by atoms with Crippen LogP contribution in [0.1, 0.15) is 37.9 Å². The summed E-state index contributed by atoms with van der Waals surface area (Å²) >= 11 is 1.87. The fourth-order valence-electron chi connectivity index (χ4n) is 1.65. The monoisotopic (exact) mass is 252 g/mol. The number of benzene rings is 1. The Morgan fingerprint density at radius 1 is 1.35 bits per heavy atom. The molecular weight excluding hydrogens is 232 g/mol. The molecule has 3 heteroatoms. The summed E-state index contributed by atoms with van der Waals surface area (Å²) in [6.07, 6.45) is 3.27. The zero-order valence-electron chi connectivity index (χ0n) is 10.3. The molecule has 1 saturated carbocycles. The van der Waals surface area contributed by atoms with E-state index < -0.39 is 0 Å². The SMILES string of the molecule is CCSCCC(O)c1ccc(OC2CC2)cc1. The molecule has 0 spiro atoms. The minimum absolute atomic E-state index is 0.343. The molecule has 1 N–H and O–H groups in total. The van der Waals surface area contributed by atoms with Gasteiger partial charge >= 0.3 is 0 Å². The molecule has 1 aromatic carbocycles. The number of aliphatic hydroxyl groups is 1. The predicted octanol–water partition coefficient (Wildman–Crippen LogP) is 3.40. The molecule has 0 radical (unpaired) electrons. The number of hydrogen-bond donors (Lipinski definition) is 1. The van der Waals surface area contributed by atoms with Crippen LogP contribution in [0.5, 0.6) is 5.75 Å². The van der Waals surface area contributed by atoms with Gasteiger partial charge in [0.15, 0.2) is 0 Å². The highest BCUT2D eigenvalue weighted by molar-refractivity contribution is 7.99. The first kappa shape index (κ1) is 12.8. The maximum atomic E-state index is 9.98. The van der Waals surface area contributed by atoms with Gasteiger partial charge in [-0.1, -0.05) is 19.1 Å². The Bertz CT molecular complexity index is 333. The van der Waals surface area contributed by atoms with Gasteiger partial charge in [-0.3, -0.25) is 0 Å². The summed E-state index contributed by atoms with van der Waals surface area (Å²) in [6.45, 7) is 2.14. The molecule has 0 aliphatic heterocycles. The number of hydrogen-bond acceptors (Lipinski definition) is 3. The minimum Gasteiger partial charge on any atom is -0.490 e. The van der Waals surface area contributed by atoms with Crippen LogP contribution >= 0.6 is 11.8 Å². The van der Waals surface area contributed by atoms with Gasteiger partial charge in [0, 0.05) is 0 Å². The molecule has 1 unspecified atom stereocenters. The van der Waals surface area contributed by atoms with Crippen molar-refractivity contribution in [3.8, 4) is 5.75 Å². The Hall–Kier alpha value is -0.670. The van der Waals surface area contributed by atoms with Gasteiger partial charge in [-0.2, -0.15) is 11.8 Å². The minimum atomic E-state index is -0.343. The van der Waals surface area contributed by atoms with E-state index in [0.717, 1.165) is 29.2 Å². The molecule has 1 aromatic rings. The molecule has 2 nitrogen and oxygen atoms in total. The van der Waals surface area contributed by atoms with Gasteiger partial charge in [0.2, 0.25) is 0 Å². The lowest BCUT2D eigenvalue weighted by molar-refractivity contribution is 0.175. The zero-order valence-corrected chi connectivity index (χ0v) is 11.1. The van der Waals surface area contributed by atoms with Gasteiger partial charge in [0.1, 0.15) is 5.75 Å². The van der Waals surface area contributed by atoms with Crippen LogP contribution in [0.2, 0.25) is 0 Å². The first-order chi connectivity index (χ1) is 8.29. The second-order valence-corrected chi connectivity index (χ2v) is 5.78. The lowest BCUT2D eigenvalue weighted by Crippen LogP contribution is -2.00. The van der Waals surface area contributed by atoms with Gasteiger partial charge in [-0.25, -0.2) is 0 Å². The molecule has 0 bridgehead atoms. The Morgan fingerprint density at radius 3 is 2.65 bits per heavy atom. The van der Waals surface area contributed by atoms with E-state index in [1.54, 1.807) is 0 Å². The van der Waals surface area contributed by atoms with Crippen LogP contribution in [0, 0.1) is 0 Å². The summed E-state index contributed by atoms with van der Waals surface area (Å²) in [6, 6.07) is 7.87. The van der Waals surface area contributed by atoms with Crippen molar-refractivity contribution in [3.63, 3.8) is 0 Å². The average Bonchev–Trinajstić information content (AvgIpc) is 3.14. The topological polar surface area (TPSA) is 29.5 Å². The van der Waals surface area contributed by atoms with Crippen LogP contribution in [-0.4, -0.2) is 22.7 Å². The Labute approximate surface area is 107 Å². The largest absolute Gasteiger partial charge is 0.490 e. The molecule has 94 valence electrons. The van der Waals surface area contributed by atoms with Crippen LogP contribution in [0.4, 0.5) is 0 Å². The lowest BCUT2D eigenvalue weighted by atomic mass is 10.1. The van der Waals surface area contributed by atoms with E-state index in [1.807, 2.05) is 36.0 Å². The summed E-state index contributed by atoms with van der Waals surface area (Å²) in [7, 11) is 0. The van der Waals surface area contributed by atoms with Crippen LogP contribution in [0.3, 0.4) is 0 Å². The molecule has 0 saturated heterocycles. The molecule has 0 aromatic heterocycles. The zero-order chi connectivity index (χ0) is 12.1. The van der Waals surface area contributed by atoms with Crippen molar-refractivity contribution < 1.29 is 9.84 Å². The van der Waals surface area contributed by atoms with E-state index in [1.165, 1.54) is 12.8 Å². The molecule has 1 aliphatic rings. The molecule has 1 fully saturated rings. The summed E-state index contributed by atoms with van der Waals surface area (Å²) in [5, 5.41) is 9.98. The quantitative estimate of drug-likeness (QED) is 0.754. The maximum absolute atomic E-state index is 9.98. The Balaban J connectivity index is 1.82. The third kappa shape index (κ3) is 4.25. The fourth-order valence-corrected chi connectivity index (χ4v) is 2.33. The highest BCUT2D eigenvalue weighted by Gasteiger charge is 2.23. The van der Waals surface area contributed by atoms with Gasteiger partial charge in [0.25, 0.3) is 0 Å². The number of rotatable bonds is 7. The second-order valence-electron chi connectivity index (χ2n) is 4.39. The third-order valence-electron chi connectivity index (χ3n) is 2.83. The Morgan fingerprint density at radius 2 is 2.06 bits per heavy atom. The molecular formula is C14H20O2S. The van der Waals surface area contributed by atoms with Gasteiger partial charge < -0.3 is 9.84 Å². The normalized spacial score (nSPS) is 16.8. The van der Waals surface area contributed by atoms with Crippen molar-refractivity contribution in [1.82, 2.24) is 0 Å². The standard InChI is InChI=1S/C14H20O2S/c1-2-17-10-9-14(15)11-3-5-12(6-4-11)16-13-7-8-13/h3-6,13-15H,2,7-10H2,1H3. The molecule has 2 rings (SSSR count). The van der Waals surface area contributed by atoms with E-state index in [-0.39, 0.29) is 6.10 Å². The van der Waals surface area contributed by atoms with Crippen molar-refractivity contribution >= 4 is 11.8 Å². The fraction of sp³-hybridized carbons (Fsp3) is 0.571. The van der Waals surface area contributed by atoms with E-state index in [2.05, 4.69) is 6.92 Å². The molecule has 1 atom stereocenters. The Kier molecular flexibility index (Phi) is 4.75. The van der Waals surface area contributed by atoms with E-state index >= 15 is 0 Å². The molecule has 1 aliphatic carbocycles. The van der Waals surface area contributed by atoms with Crippen molar-refractivity contribution in [1.29, 1.82) is 0 Å². The van der Waals surface area contributed by atoms with E-state index in [0.29, 0.717) is 6.10 Å². The summed E-state index contributed by atoms with van der Waals surface area (Å²) in [5.41, 5.74) is 0.991. The van der Waals surface area contributed by atoms with Crippen molar-refractivity contribution in [2.75, 3.05) is 11.5 Å². The van der Waals surface area contributed by atoms with Crippen molar-refractivity contribution in [2.24, 2.45) is 0 Å². The number of ether oxygens (including phenoxy) is 1. The van der Waals surface area contributed by atoms with Crippen LogP contribution in [0.15, 0.2) is 24.3 Å². The highest BCUT2D eigenvalue weighted by atomic mass is 32.2. The van der Waals surface area contributed by atoms with Crippen molar-refractivity contribution in [2.45, 2.75) is 38.4 Å². The molecule has 0 heterocycles. The number of aliphatic hydroxyl groups excluding tert-OH is 1. The average molecular weight is 252 g/mol. The van der Waals surface area contributed by atoms with Crippen molar-refractivity contribution in [3.05, 3.63) is 29.8 Å². The first-order valence-corrected chi connectivity index (χ1v) is 7.47. The smallest absolute Gasteiger partial charge is 0.119 e. The predicted molar refractivity (Wildman–Crippen MR) is 72.7 cm³/mol. The second kappa shape index (κ2) is 6.31. The molecule has 0 amide bonds. The van der Waals surface area contributed by atoms with E-state index in [4.69, 9.17) is 4.74 Å². The third-order valence-corrected chi connectivity index (χ3v) is 3.76. The van der Waals surface area contributed by atoms with E-state index in [9.17, 15) is 5.11 Å². The van der Waals surface area contributed by atoms with Gasteiger partial charge in [-0.05, 0) is 48.5 Å². The van der Waals surface area contributed by atoms with Crippen LogP contribution in [0.25, 0.3) is 0 Å². The summed E-state index contributed by atoms with van der Waals surface area (Å²) in [5.74, 6) is 3.05. The van der Waals surface area contributed by atoms with Crippen LogP contribution in [-0.2, 0) is 0 Å². The van der Waals surface area contributed by atoms with Gasteiger partial charge in [0.05, 0.1) is 12.2 Å². The summed E-state index contributed by atoms with van der Waals surface area (Å²) < 4.78 is 5.67. The highest BCUT2D eigenvalue weighted by Crippen LogP contribution is 2.28. The lowest BCUT2D eigenvalue weighted by Gasteiger charge is -2.11. The maximum Gasteiger partial charge on any atom is 0.119 e. The summed E-state index contributed by atoms with van der Waals surface area (Å²) in [4.78, 5) is 0. The van der Waals surface area contributed by atoms with Crippen LogP contribution < -0.4 is 4.74 Å². The molecule has 17 heavy (non-hydrogen) atoms. The van der Waals surface area contributed by atoms with Gasteiger partial charge in [-0.15, -0.1) is 0 Å². The first-order valence-electron chi connectivity index (χ1n) is 6.32. The number of thioether (sulfide) groups is 1.